The Balaban J connectivity index is 1.81. The average molecular weight is 334 g/mol. The standard InChI is InChI=1S/C19H18N4O2/c1-11(2)12-6-7-13-9-14-17(21-19(24)16-5-4-8-25-16)22-23(3)18(14)20-15(13)10-12/h4-11H,1-3H3,(H,21,22,24). The van der Waals surface area contributed by atoms with Crippen molar-refractivity contribution in [1.29, 1.82) is 0 Å². The quantitative estimate of drug-likeness (QED) is 0.612. The lowest BCUT2D eigenvalue weighted by atomic mass is 10.0. The molecule has 0 unspecified atom stereocenters. The van der Waals surface area contributed by atoms with Crippen molar-refractivity contribution in [3.05, 3.63) is 54.0 Å². The second kappa shape index (κ2) is 5.73. The number of hydrogen-bond donors (Lipinski definition) is 1. The largest absolute Gasteiger partial charge is 0.459 e. The number of pyridine rings is 1. The van der Waals surface area contributed by atoms with Crippen LogP contribution in [0.2, 0.25) is 0 Å². The first-order valence-electron chi connectivity index (χ1n) is 8.15. The monoisotopic (exact) mass is 334 g/mol. The molecule has 0 aliphatic rings. The van der Waals surface area contributed by atoms with Crippen LogP contribution in [-0.2, 0) is 7.05 Å². The lowest BCUT2D eigenvalue weighted by molar-refractivity contribution is 0.0996. The van der Waals surface area contributed by atoms with Crippen molar-refractivity contribution in [2.75, 3.05) is 5.32 Å². The van der Waals surface area contributed by atoms with Gasteiger partial charge in [-0.05, 0) is 35.7 Å². The van der Waals surface area contributed by atoms with Gasteiger partial charge < -0.3 is 9.73 Å². The summed E-state index contributed by atoms with van der Waals surface area (Å²) in [5, 5.41) is 9.01. The van der Waals surface area contributed by atoms with Gasteiger partial charge in [0, 0.05) is 12.4 Å². The molecule has 1 aromatic carbocycles. The summed E-state index contributed by atoms with van der Waals surface area (Å²) in [6, 6.07) is 11.6. The van der Waals surface area contributed by atoms with Gasteiger partial charge in [-0.3, -0.25) is 4.79 Å². The highest BCUT2D eigenvalue weighted by Gasteiger charge is 2.16. The number of carbonyl (C=O) groups excluding carboxylic acids is 1. The minimum Gasteiger partial charge on any atom is -0.459 e. The zero-order chi connectivity index (χ0) is 17.6. The Kier molecular flexibility index (Phi) is 3.53. The van der Waals surface area contributed by atoms with Crippen molar-refractivity contribution in [3.8, 4) is 0 Å². The van der Waals surface area contributed by atoms with Crippen molar-refractivity contribution >= 4 is 33.7 Å². The molecule has 3 aromatic heterocycles. The molecule has 0 radical (unpaired) electrons. The minimum atomic E-state index is -0.333. The Morgan fingerprint density at radius 1 is 1.24 bits per heavy atom. The fraction of sp³-hybridized carbons (Fsp3) is 0.211. The Bertz CT molecular complexity index is 1080. The molecular weight excluding hydrogens is 316 g/mol. The number of fused-ring (bicyclic) bond motifs is 2. The second-order valence-electron chi connectivity index (χ2n) is 6.37. The van der Waals surface area contributed by atoms with E-state index >= 15 is 0 Å². The normalized spacial score (nSPS) is 11.5. The van der Waals surface area contributed by atoms with Gasteiger partial charge in [0.1, 0.15) is 0 Å². The predicted octanol–water partition coefficient (Wildman–Crippen LogP) is 4.09. The summed E-state index contributed by atoms with van der Waals surface area (Å²) in [6.45, 7) is 4.32. The molecule has 0 aliphatic heterocycles. The molecule has 0 atom stereocenters. The maximum Gasteiger partial charge on any atom is 0.292 e. The van der Waals surface area contributed by atoms with Crippen LogP contribution in [0.5, 0.6) is 0 Å². The third kappa shape index (κ3) is 2.65. The molecule has 0 bridgehead atoms. The number of amides is 1. The van der Waals surface area contributed by atoms with E-state index in [-0.39, 0.29) is 11.7 Å². The van der Waals surface area contributed by atoms with E-state index in [4.69, 9.17) is 9.40 Å². The van der Waals surface area contributed by atoms with Crippen LogP contribution in [-0.4, -0.2) is 20.7 Å². The van der Waals surface area contributed by atoms with Crippen LogP contribution < -0.4 is 5.32 Å². The highest BCUT2D eigenvalue weighted by Crippen LogP contribution is 2.27. The number of hydrogen-bond acceptors (Lipinski definition) is 4. The van der Waals surface area contributed by atoms with Gasteiger partial charge in [-0.25, -0.2) is 9.67 Å². The van der Waals surface area contributed by atoms with E-state index < -0.39 is 0 Å². The molecule has 126 valence electrons. The Labute approximate surface area is 144 Å². The number of anilines is 1. The lowest BCUT2D eigenvalue weighted by Gasteiger charge is -2.07. The van der Waals surface area contributed by atoms with Crippen LogP contribution in [0.1, 0.15) is 35.9 Å². The van der Waals surface area contributed by atoms with E-state index in [1.807, 2.05) is 13.1 Å². The van der Waals surface area contributed by atoms with Gasteiger partial charge >= 0.3 is 0 Å². The predicted molar refractivity (Wildman–Crippen MR) is 96.8 cm³/mol. The Morgan fingerprint density at radius 3 is 2.80 bits per heavy atom. The lowest BCUT2D eigenvalue weighted by Crippen LogP contribution is -2.11. The number of nitrogens with one attached hydrogen (secondary N) is 1. The first kappa shape index (κ1) is 15.4. The topological polar surface area (TPSA) is 73.0 Å². The third-order valence-electron chi connectivity index (χ3n) is 4.28. The maximum atomic E-state index is 12.2. The summed E-state index contributed by atoms with van der Waals surface area (Å²) >= 11 is 0. The molecule has 1 N–H and O–H groups in total. The van der Waals surface area contributed by atoms with Crippen LogP contribution in [0.4, 0.5) is 5.82 Å². The first-order chi connectivity index (χ1) is 12.0. The van der Waals surface area contributed by atoms with Crippen molar-refractivity contribution in [3.63, 3.8) is 0 Å². The van der Waals surface area contributed by atoms with Crippen LogP contribution in [0.15, 0.2) is 47.1 Å². The van der Waals surface area contributed by atoms with Crippen molar-refractivity contribution in [2.24, 2.45) is 7.05 Å². The summed E-state index contributed by atoms with van der Waals surface area (Å²) < 4.78 is 6.81. The highest BCUT2D eigenvalue weighted by atomic mass is 16.3. The van der Waals surface area contributed by atoms with Crippen LogP contribution in [0, 0.1) is 0 Å². The van der Waals surface area contributed by atoms with Gasteiger partial charge in [-0.2, -0.15) is 5.10 Å². The van der Waals surface area contributed by atoms with Crippen molar-refractivity contribution in [1.82, 2.24) is 14.8 Å². The summed E-state index contributed by atoms with van der Waals surface area (Å²) in [7, 11) is 1.82. The summed E-state index contributed by atoms with van der Waals surface area (Å²) in [4.78, 5) is 17.0. The van der Waals surface area contributed by atoms with Crippen LogP contribution in [0.25, 0.3) is 21.9 Å². The number of benzene rings is 1. The van der Waals surface area contributed by atoms with Gasteiger partial charge in [-0.15, -0.1) is 0 Å². The zero-order valence-corrected chi connectivity index (χ0v) is 14.3. The fourth-order valence-electron chi connectivity index (χ4n) is 2.87. The van der Waals surface area contributed by atoms with Gasteiger partial charge in [-0.1, -0.05) is 26.0 Å². The summed E-state index contributed by atoms with van der Waals surface area (Å²) in [6.07, 6.45) is 1.47. The van der Waals surface area contributed by atoms with Gasteiger partial charge in [0.2, 0.25) is 0 Å². The third-order valence-corrected chi connectivity index (χ3v) is 4.28. The minimum absolute atomic E-state index is 0.245. The molecule has 0 spiro atoms. The fourth-order valence-corrected chi connectivity index (χ4v) is 2.87. The van der Waals surface area contributed by atoms with E-state index in [2.05, 4.69) is 42.5 Å². The number of nitrogens with zero attached hydrogens (tertiary/aromatic N) is 3. The molecule has 4 rings (SSSR count). The zero-order valence-electron chi connectivity index (χ0n) is 14.3. The van der Waals surface area contributed by atoms with Gasteiger partial charge in [0.15, 0.2) is 17.2 Å². The Morgan fingerprint density at radius 2 is 2.08 bits per heavy atom. The number of rotatable bonds is 3. The summed E-state index contributed by atoms with van der Waals surface area (Å²) in [5.74, 6) is 0.826. The molecule has 0 fully saturated rings. The molecule has 0 saturated carbocycles. The molecule has 6 heteroatoms. The molecule has 6 nitrogen and oxygen atoms in total. The highest BCUT2D eigenvalue weighted by molar-refractivity contribution is 6.07. The average Bonchev–Trinajstić information content (AvgIpc) is 3.22. The van der Waals surface area contributed by atoms with E-state index in [0.29, 0.717) is 11.7 Å². The second-order valence-corrected chi connectivity index (χ2v) is 6.37. The molecule has 4 aromatic rings. The smallest absolute Gasteiger partial charge is 0.292 e. The molecular formula is C19H18N4O2. The van der Waals surface area contributed by atoms with Gasteiger partial charge in [0.25, 0.3) is 5.91 Å². The Hall–Kier alpha value is -3.15. The molecule has 25 heavy (non-hydrogen) atoms. The maximum absolute atomic E-state index is 12.2. The van der Waals surface area contributed by atoms with Crippen LogP contribution >= 0.6 is 0 Å². The number of aromatic nitrogens is 3. The van der Waals surface area contributed by atoms with E-state index in [1.54, 1.807) is 16.8 Å². The van der Waals surface area contributed by atoms with E-state index in [0.717, 1.165) is 21.9 Å². The number of carbonyl (C=O) groups is 1. The number of aryl methyl sites for hydroxylation is 1. The van der Waals surface area contributed by atoms with E-state index in [1.165, 1.54) is 11.8 Å². The molecule has 3 heterocycles. The van der Waals surface area contributed by atoms with Crippen LogP contribution in [0.3, 0.4) is 0 Å². The van der Waals surface area contributed by atoms with Gasteiger partial charge in [0.05, 0.1) is 17.2 Å². The summed E-state index contributed by atoms with van der Waals surface area (Å²) in [5.41, 5.74) is 2.89. The van der Waals surface area contributed by atoms with Crippen molar-refractivity contribution < 1.29 is 9.21 Å². The number of furan rings is 1. The first-order valence-corrected chi connectivity index (χ1v) is 8.15. The molecule has 1 amide bonds. The van der Waals surface area contributed by atoms with Crippen molar-refractivity contribution in [2.45, 2.75) is 19.8 Å². The SMILES string of the molecule is CC(C)c1ccc2cc3c(NC(=O)c4ccco4)nn(C)c3nc2c1. The molecule has 0 saturated heterocycles. The van der Waals surface area contributed by atoms with E-state index in [9.17, 15) is 4.79 Å². The molecule has 0 aliphatic carbocycles.